The number of benzene rings is 2. The second kappa shape index (κ2) is 15.0. The second-order valence-corrected chi connectivity index (χ2v) is 10.6. The van der Waals surface area contributed by atoms with Crippen molar-refractivity contribution in [3.05, 3.63) is 59.9 Å². The fourth-order valence-corrected chi connectivity index (χ4v) is 5.80. The molecule has 0 aromatic heterocycles. The van der Waals surface area contributed by atoms with Crippen molar-refractivity contribution in [3.8, 4) is 29.6 Å². The fourth-order valence-electron chi connectivity index (χ4n) is 3.76. The zero-order chi connectivity index (χ0) is 29.2. The van der Waals surface area contributed by atoms with Gasteiger partial charge >= 0.3 is 12.0 Å². The Bertz CT molecular complexity index is 1360. The number of hydrogen-bond donors (Lipinski definition) is 4. The number of hydrazone groups is 1. The second-order valence-electron chi connectivity index (χ2n) is 8.21. The largest absolute Gasteiger partial charge is 0.490 e. The van der Waals surface area contributed by atoms with E-state index in [1.165, 1.54) is 13.3 Å². The van der Waals surface area contributed by atoms with E-state index in [-0.39, 0.29) is 18.8 Å². The molecule has 1 heterocycles. The van der Waals surface area contributed by atoms with Gasteiger partial charge in [-0.3, -0.25) is 5.43 Å². The van der Waals surface area contributed by atoms with Crippen molar-refractivity contribution >= 4 is 63.4 Å². The SMILES string of the molecule is C#CCOc1c(I)cc(I)cc1/C=N/N[C@@H](O)COc1ccc([C@H]2NC(=O)NC(C)=C2C(=O)OC)cc1OCC. The van der Waals surface area contributed by atoms with Crippen LogP contribution < -0.4 is 30.3 Å². The summed E-state index contributed by atoms with van der Waals surface area (Å²) in [5.74, 6) is 3.19. The summed E-state index contributed by atoms with van der Waals surface area (Å²) in [4.78, 5) is 24.5. The molecule has 212 valence electrons. The third kappa shape index (κ3) is 8.15. The highest BCUT2D eigenvalue weighted by atomic mass is 127. The number of methoxy groups -OCH3 is 1. The summed E-state index contributed by atoms with van der Waals surface area (Å²) < 4.78 is 23.9. The predicted octanol–water partition coefficient (Wildman–Crippen LogP) is 3.43. The number of aliphatic hydroxyl groups excluding tert-OH is 1. The van der Waals surface area contributed by atoms with Crippen molar-refractivity contribution in [1.29, 1.82) is 0 Å². The number of carbonyl (C=O) groups excluding carboxylic acids is 2. The molecule has 1 aliphatic heterocycles. The molecule has 13 heteroatoms. The van der Waals surface area contributed by atoms with E-state index >= 15 is 0 Å². The summed E-state index contributed by atoms with van der Waals surface area (Å²) in [7, 11) is 1.27. The lowest BCUT2D eigenvalue weighted by atomic mass is 9.95. The van der Waals surface area contributed by atoms with Gasteiger partial charge in [-0.2, -0.15) is 5.10 Å². The molecule has 2 atom stereocenters. The first-order valence-electron chi connectivity index (χ1n) is 12.0. The Labute approximate surface area is 259 Å². The van der Waals surface area contributed by atoms with E-state index in [9.17, 15) is 14.7 Å². The number of aliphatic hydroxyl groups is 1. The number of halogens is 2. The molecule has 40 heavy (non-hydrogen) atoms. The first-order chi connectivity index (χ1) is 19.2. The quantitative estimate of drug-likeness (QED) is 0.0643. The molecule has 3 rings (SSSR count). The van der Waals surface area contributed by atoms with Crippen LogP contribution in [0.1, 0.15) is 31.0 Å². The van der Waals surface area contributed by atoms with Crippen LogP contribution in [0.3, 0.4) is 0 Å². The Kier molecular flexibility index (Phi) is 11.7. The molecule has 0 spiro atoms. The lowest BCUT2D eigenvalue weighted by Crippen LogP contribution is -2.45. The van der Waals surface area contributed by atoms with Crippen LogP contribution >= 0.6 is 45.2 Å². The highest BCUT2D eigenvalue weighted by molar-refractivity contribution is 14.1. The van der Waals surface area contributed by atoms with E-state index in [1.807, 2.05) is 19.1 Å². The number of allylic oxidation sites excluding steroid dienone is 1. The molecule has 2 amide bonds. The van der Waals surface area contributed by atoms with Gasteiger partial charge in [0.25, 0.3) is 0 Å². The van der Waals surface area contributed by atoms with Gasteiger partial charge < -0.3 is 34.7 Å². The minimum atomic E-state index is -1.15. The molecule has 4 N–H and O–H groups in total. The van der Waals surface area contributed by atoms with Crippen LogP contribution in [-0.4, -0.2) is 56.5 Å². The first-order valence-corrected chi connectivity index (χ1v) is 14.1. The Morgan fingerprint density at radius 2 is 2.02 bits per heavy atom. The van der Waals surface area contributed by atoms with E-state index in [0.717, 1.165) is 7.14 Å². The average Bonchev–Trinajstić information content (AvgIpc) is 2.91. The maximum atomic E-state index is 12.4. The van der Waals surface area contributed by atoms with E-state index < -0.39 is 24.3 Å². The lowest BCUT2D eigenvalue weighted by Gasteiger charge is -2.28. The molecule has 0 saturated heterocycles. The van der Waals surface area contributed by atoms with Gasteiger partial charge in [0.2, 0.25) is 0 Å². The van der Waals surface area contributed by atoms with Crippen LogP contribution in [0, 0.1) is 19.5 Å². The van der Waals surface area contributed by atoms with Crippen LogP contribution in [0.5, 0.6) is 17.2 Å². The van der Waals surface area contributed by atoms with Gasteiger partial charge in [-0.05, 0) is 88.9 Å². The molecule has 2 aromatic carbocycles. The molecule has 0 saturated carbocycles. The average molecular weight is 774 g/mol. The fraction of sp³-hybridized carbons (Fsp3) is 0.296. The molecule has 0 bridgehead atoms. The molecule has 0 aliphatic carbocycles. The molecular formula is C27H28I2N4O7. The van der Waals surface area contributed by atoms with E-state index in [2.05, 4.69) is 72.3 Å². The van der Waals surface area contributed by atoms with Crippen molar-refractivity contribution in [2.45, 2.75) is 26.1 Å². The van der Waals surface area contributed by atoms with E-state index in [1.54, 1.807) is 25.1 Å². The molecule has 0 unspecified atom stereocenters. The molecule has 0 radical (unpaired) electrons. The monoisotopic (exact) mass is 774 g/mol. The molecule has 0 fully saturated rings. The van der Waals surface area contributed by atoms with Gasteiger partial charge in [0.1, 0.15) is 19.0 Å². The number of terminal acetylenes is 1. The van der Waals surface area contributed by atoms with Gasteiger partial charge in [-0.25, -0.2) is 9.59 Å². The number of nitrogens with zero attached hydrogens (tertiary/aromatic N) is 1. The van der Waals surface area contributed by atoms with Gasteiger partial charge in [0.15, 0.2) is 17.7 Å². The third-order valence-corrected chi connectivity index (χ3v) is 6.86. The van der Waals surface area contributed by atoms with Crippen molar-refractivity contribution in [2.75, 3.05) is 26.9 Å². The van der Waals surface area contributed by atoms with Crippen LogP contribution in [0.25, 0.3) is 0 Å². The summed E-state index contributed by atoms with van der Waals surface area (Å²) in [5.41, 5.74) is 4.56. The highest BCUT2D eigenvalue weighted by Gasteiger charge is 2.32. The lowest BCUT2D eigenvalue weighted by molar-refractivity contribution is -0.136. The number of amides is 2. The van der Waals surface area contributed by atoms with Gasteiger partial charge in [0.05, 0.1) is 35.1 Å². The highest BCUT2D eigenvalue weighted by Crippen LogP contribution is 2.35. The van der Waals surface area contributed by atoms with Crippen LogP contribution in [0.15, 0.2) is 46.7 Å². The summed E-state index contributed by atoms with van der Waals surface area (Å²) in [5, 5.41) is 19.8. The van der Waals surface area contributed by atoms with Gasteiger partial charge in [0, 0.05) is 14.8 Å². The van der Waals surface area contributed by atoms with Crippen molar-refractivity contribution in [3.63, 3.8) is 0 Å². The van der Waals surface area contributed by atoms with Gasteiger partial charge in [-0.15, -0.1) is 6.42 Å². The number of rotatable bonds is 12. The summed E-state index contributed by atoms with van der Waals surface area (Å²) in [6, 6.07) is 7.63. The third-order valence-electron chi connectivity index (χ3n) is 5.44. The van der Waals surface area contributed by atoms with Crippen LogP contribution in [-0.2, 0) is 9.53 Å². The number of carbonyl (C=O) groups is 2. The predicted molar refractivity (Wildman–Crippen MR) is 165 cm³/mol. The maximum Gasteiger partial charge on any atom is 0.337 e. The molecule has 1 aliphatic rings. The van der Waals surface area contributed by atoms with Gasteiger partial charge in [-0.1, -0.05) is 12.0 Å². The normalized spacial score (nSPS) is 15.5. The number of ether oxygens (including phenoxy) is 4. The first kappa shape index (κ1) is 31.3. The molecule has 2 aromatic rings. The van der Waals surface area contributed by atoms with Crippen molar-refractivity contribution in [2.24, 2.45) is 5.10 Å². The Morgan fingerprint density at radius 1 is 1.25 bits per heavy atom. The van der Waals surface area contributed by atoms with Crippen molar-refractivity contribution < 1.29 is 33.6 Å². The Balaban J connectivity index is 1.72. The molecule has 11 nitrogen and oxygen atoms in total. The van der Waals surface area contributed by atoms with Crippen molar-refractivity contribution in [1.82, 2.24) is 16.1 Å². The van der Waals surface area contributed by atoms with E-state index in [0.29, 0.717) is 40.7 Å². The van der Waals surface area contributed by atoms with Crippen LogP contribution in [0.4, 0.5) is 4.79 Å². The smallest absolute Gasteiger partial charge is 0.337 e. The maximum absolute atomic E-state index is 12.4. The summed E-state index contributed by atoms with van der Waals surface area (Å²) in [6.07, 6.45) is 5.70. The topological polar surface area (TPSA) is 140 Å². The number of urea groups is 1. The minimum absolute atomic E-state index is 0.117. The number of esters is 1. The number of nitrogens with one attached hydrogen (secondary N) is 3. The van der Waals surface area contributed by atoms with E-state index in [4.69, 9.17) is 25.4 Å². The molecular weight excluding hydrogens is 746 g/mol. The summed E-state index contributed by atoms with van der Waals surface area (Å²) >= 11 is 4.35. The minimum Gasteiger partial charge on any atom is -0.490 e. The summed E-state index contributed by atoms with van der Waals surface area (Å²) in [6.45, 7) is 3.73. The standard InChI is InChI=1S/C27H28I2N4O7/c1-5-9-39-25-17(10-18(28)12-19(25)29)13-30-33-22(34)14-40-20-8-7-16(11-21(20)38-6-2)24-23(26(35)37-4)15(3)31-27(36)32-24/h1,7-8,10-13,22,24,33-34H,6,9,14H2,2-4H3,(H2,31,32,36)/b30-13+/t22-,24+/m0/s1. The Morgan fingerprint density at radius 3 is 2.73 bits per heavy atom. The number of hydrogen-bond acceptors (Lipinski definition) is 9. The zero-order valence-electron chi connectivity index (χ0n) is 21.9. The van der Waals surface area contributed by atoms with Crippen LogP contribution in [0.2, 0.25) is 0 Å². The Hall–Kier alpha value is -3.23. The zero-order valence-corrected chi connectivity index (χ0v) is 26.2.